The van der Waals surface area contributed by atoms with Crippen LogP contribution in [0.3, 0.4) is 0 Å². The van der Waals surface area contributed by atoms with E-state index >= 15 is 0 Å². The molecule has 5 heteroatoms. The first-order chi connectivity index (χ1) is 14.0. The van der Waals surface area contributed by atoms with E-state index in [4.69, 9.17) is 0 Å². The maximum absolute atomic E-state index is 13.1. The van der Waals surface area contributed by atoms with Gasteiger partial charge in [-0.2, -0.15) is 0 Å². The summed E-state index contributed by atoms with van der Waals surface area (Å²) in [6, 6.07) is 7.76. The number of nitrogens with one attached hydrogen (secondary N) is 1. The molecule has 0 spiro atoms. The van der Waals surface area contributed by atoms with Crippen LogP contribution in [0, 0.1) is 18.8 Å². The number of hydrogen-bond donors (Lipinski definition) is 1. The van der Waals surface area contributed by atoms with E-state index in [0.717, 1.165) is 50.0 Å². The van der Waals surface area contributed by atoms with Crippen LogP contribution in [-0.4, -0.2) is 60.4 Å². The molecular weight excluding hydrogens is 362 g/mol. The Bertz CT molecular complexity index is 691. The monoisotopic (exact) mass is 399 g/mol. The molecule has 0 aromatic heterocycles. The van der Waals surface area contributed by atoms with Crippen LogP contribution in [0.1, 0.15) is 61.9 Å². The summed E-state index contributed by atoms with van der Waals surface area (Å²) in [5, 5.41) is 3.21. The highest BCUT2D eigenvalue weighted by atomic mass is 16.2. The van der Waals surface area contributed by atoms with E-state index in [1.54, 1.807) is 0 Å². The first-order valence-corrected chi connectivity index (χ1v) is 11.4. The van der Waals surface area contributed by atoms with E-state index in [1.807, 2.05) is 36.1 Å². The quantitative estimate of drug-likeness (QED) is 0.764. The van der Waals surface area contributed by atoms with Crippen LogP contribution in [0.15, 0.2) is 24.3 Å². The van der Waals surface area contributed by atoms with Gasteiger partial charge in [0.25, 0.3) is 5.91 Å². The summed E-state index contributed by atoms with van der Waals surface area (Å²) in [5.74, 6) is 1.25. The Kier molecular flexibility index (Phi) is 7.70. The summed E-state index contributed by atoms with van der Waals surface area (Å²) in [6.45, 7) is 10.0. The van der Waals surface area contributed by atoms with E-state index < -0.39 is 0 Å². The first kappa shape index (κ1) is 21.8. The fourth-order valence-corrected chi connectivity index (χ4v) is 4.64. The van der Waals surface area contributed by atoms with Crippen molar-refractivity contribution in [3.63, 3.8) is 0 Å². The van der Waals surface area contributed by atoms with Crippen LogP contribution in [0.2, 0.25) is 0 Å². The van der Waals surface area contributed by atoms with Crippen molar-refractivity contribution in [1.29, 1.82) is 0 Å². The zero-order valence-corrected chi connectivity index (χ0v) is 18.3. The Labute approximate surface area is 175 Å². The molecule has 2 fully saturated rings. The van der Waals surface area contributed by atoms with E-state index in [0.29, 0.717) is 24.9 Å². The second-order valence-corrected chi connectivity index (χ2v) is 8.95. The second kappa shape index (κ2) is 10.2. The highest BCUT2D eigenvalue weighted by molar-refractivity contribution is 5.94. The highest BCUT2D eigenvalue weighted by Crippen LogP contribution is 2.31. The van der Waals surface area contributed by atoms with Gasteiger partial charge in [-0.1, -0.05) is 50.8 Å². The maximum atomic E-state index is 13.1. The lowest BCUT2D eigenvalue weighted by Crippen LogP contribution is -2.58. The Hall–Kier alpha value is -1.88. The lowest BCUT2D eigenvalue weighted by atomic mass is 9.94. The van der Waals surface area contributed by atoms with Crippen molar-refractivity contribution >= 4 is 11.8 Å². The highest BCUT2D eigenvalue weighted by Gasteiger charge is 2.37. The molecule has 1 N–H and O–H groups in total. The minimum absolute atomic E-state index is 0.0437. The van der Waals surface area contributed by atoms with Gasteiger partial charge in [-0.05, 0) is 43.7 Å². The molecule has 1 heterocycles. The average Bonchev–Trinajstić information content (AvgIpc) is 3.26. The molecule has 1 aliphatic heterocycles. The molecule has 0 radical (unpaired) electrons. The van der Waals surface area contributed by atoms with Gasteiger partial charge in [0.05, 0.1) is 6.04 Å². The molecule has 1 saturated carbocycles. The number of hydrogen-bond acceptors (Lipinski definition) is 3. The minimum atomic E-state index is -0.0437. The Balaban J connectivity index is 1.61. The molecule has 1 aliphatic carbocycles. The van der Waals surface area contributed by atoms with Crippen molar-refractivity contribution in [2.75, 3.05) is 32.7 Å². The number of benzene rings is 1. The maximum Gasteiger partial charge on any atom is 0.253 e. The summed E-state index contributed by atoms with van der Waals surface area (Å²) < 4.78 is 0. The predicted octanol–water partition coefficient (Wildman–Crippen LogP) is 3.47. The van der Waals surface area contributed by atoms with Gasteiger partial charge in [0.15, 0.2) is 0 Å². The molecule has 2 atom stereocenters. The molecule has 2 amide bonds. The summed E-state index contributed by atoms with van der Waals surface area (Å²) >= 11 is 0. The van der Waals surface area contributed by atoms with Gasteiger partial charge >= 0.3 is 0 Å². The number of piperazine rings is 1. The van der Waals surface area contributed by atoms with Crippen LogP contribution in [0.25, 0.3) is 0 Å². The third kappa shape index (κ3) is 5.59. The van der Waals surface area contributed by atoms with Crippen molar-refractivity contribution in [3.05, 3.63) is 35.4 Å². The summed E-state index contributed by atoms with van der Waals surface area (Å²) in [5.41, 5.74) is 1.87. The van der Waals surface area contributed by atoms with Gasteiger partial charge in [-0.3, -0.25) is 14.5 Å². The van der Waals surface area contributed by atoms with Crippen LogP contribution in [0.5, 0.6) is 0 Å². The smallest absolute Gasteiger partial charge is 0.253 e. The van der Waals surface area contributed by atoms with E-state index in [2.05, 4.69) is 24.1 Å². The minimum Gasteiger partial charge on any atom is -0.354 e. The van der Waals surface area contributed by atoms with E-state index in [-0.39, 0.29) is 17.9 Å². The summed E-state index contributed by atoms with van der Waals surface area (Å²) in [6.07, 6.45) is 5.82. The molecule has 0 bridgehead atoms. The van der Waals surface area contributed by atoms with Crippen molar-refractivity contribution in [2.24, 2.45) is 11.8 Å². The van der Waals surface area contributed by atoms with Crippen molar-refractivity contribution in [2.45, 2.75) is 58.9 Å². The third-order valence-corrected chi connectivity index (χ3v) is 6.70. The van der Waals surface area contributed by atoms with Crippen molar-refractivity contribution < 1.29 is 9.59 Å². The number of amides is 2. The third-order valence-electron chi connectivity index (χ3n) is 6.70. The SMILES string of the molecule is CC[C@H](C)CNC(=O)[C@@H](C1CCCC1)N1CCN(C(=O)c2cccc(C)c2)CC1. The summed E-state index contributed by atoms with van der Waals surface area (Å²) in [4.78, 5) is 30.2. The first-order valence-electron chi connectivity index (χ1n) is 11.4. The molecule has 2 aliphatic rings. The zero-order chi connectivity index (χ0) is 20.8. The standard InChI is InChI=1S/C24H37N3O2/c1-4-18(2)17-25-23(28)22(20-9-5-6-10-20)26-12-14-27(15-13-26)24(29)21-11-7-8-19(3)16-21/h7-8,11,16,18,20,22H,4-6,9-10,12-15,17H2,1-3H3,(H,25,28)/t18-,22+/m0/s1. The zero-order valence-electron chi connectivity index (χ0n) is 18.3. The number of carbonyl (C=O) groups excluding carboxylic acids is 2. The van der Waals surface area contributed by atoms with Crippen LogP contribution in [-0.2, 0) is 4.79 Å². The van der Waals surface area contributed by atoms with Gasteiger partial charge in [0, 0.05) is 38.3 Å². The average molecular weight is 400 g/mol. The van der Waals surface area contributed by atoms with E-state index in [9.17, 15) is 9.59 Å². The fraction of sp³-hybridized carbons (Fsp3) is 0.667. The predicted molar refractivity (Wildman–Crippen MR) is 117 cm³/mol. The normalized spacial score (nSPS) is 20.4. The largest absolute Gasteiger partial charge is 0.354 e. The summed E-state index contributed by atoms with van der Waals surface area (Å²) in [7, 11) is 0. The molecule has 1 aromatic carbocycles. The van der Waals surface area contributed by atoms with Gasteiger partial charge in [-0.15, -0.1) is 0 Å². The lowest BCUT2D eigenvalue weighted by Gasteiger charge is -2.41. The molecule has 1 saturated heterocycles. The molecular formula is C24H37N3O2. The van der Waals surface area contributed by atoms with Gasteiger partial charge in [0.2, 0.25) is 5.91 Å². The lowest BCUT2D eigenvalue weighted by molar-refractivity contribution is -0.129. The van der Waals surface area contributed by atoms with Gasteiger partial charge in [-0.25, -0.2) is 0 Å². The van der Waals surface area contributed by atoms with Crippen LogP contribution in [0.4, 0.5) is 0 Å². The van der Waals surface area contributed by atoms with Crippen molar-refractivity contribution in [3.8, 4) is 0 Å². The molecule has 3 rings (SSSR count). The second-order valence-electron chi connectivity index (χ2n) is 8.95. The number of nitrogens with zero attached hydrogens (tertiary/aromatic N) is 2. The Morgan fingerprint density at radius 1 is 1.14 bits per heavy atom. The number of aryl methyl sites for hydroxylation is 1. The fourth-order valence-electron chi connectivity index (χ4n) is 4.64. The van der Waals surface area contributed by atoms with Gasteiger partial charge < -0.3 is 10.2 Å². The van der Waals surface area contributed by atoms with Crippen LogP contribution < -0.4 is 5.32 Å². The van der Waals surface area contributed by atoms with Gasteiger partial charge in [0.1, 0.15) is 0 Å². The molecule has 0 unspecified atom stereocenters. The topological polar surface area (TPSA) is 52.7 Å². The van der Waals surface area contributed by atoms with Crippen molar-refractivity contribution in [1.82, 2.24) is 15.1 Å². The Morgan fingerprint density at radius 3 is 2.45 bits per heavy atom. The van der Waals surface area contributed by atoms with E-state index in [1.165, 1.54) is 12.8 Å². The molecule has 29 heavy (non-hydrogen) atoms. The van der Waals surface area contributed by atoms with Crippen LogP contribution >= 0.6 is 0 Å². The molecule has 1 aromatic rings. The molecule has 160 valence electrons. The number of rotatable bonds is 7. The molecule has 5 nitrogen and oxygen atoms in total. The number of carbonyl (C=O) groups is 2. The Morgan fingerprint density at radius 2 is 1.83 bits per heavy atom.